The van der Waals surface area contributed by atoms with Gasteiger partial charge in [-0.1, -0.05) is 54.6 Å². The topological polar surface area (TPSA) is 52.6 Å². The van der Waals surface area contributed by atoms with E-state index in [0.29, 0.717) is 18.6 Å². The van der Waals surface area contributed by atoms with Crippen molar-refractivity contribution in [3.63, 3.8) is 0 Å². The second-order valence-corrected chi connectivity index (χ2v) is 7.75. The van der Waals surface area contributed by atoms with E-state index in [0.717, 1.165) is 31.2 Å². The van der Waals surface area contributed by atoms with Crippen LogP contribution in [0.1, 0.15) is 24.6 Å². The van der Waals surface area contributed by atoms with E-state index in [9.17, 15) is 0 Å². The van der Waals surface area contributed by atoms with E-state index >= 15 is 0 Å². The van der Waals surface area contributed by atoms with Crippen LogP contribution in [0.15, 0.2) is 71.9 Å². The van der Waals surface area contributed by atoms with Crippen molar-refractivity contribution in [1.82, 2.24) is 20.5 Å². The second kappa shape index (κ2) is 10.7. The van der Waals surface area contributed by atoms with E-state index in [1.54, 1.807) is 0 Å². The van der Waals surface area contributed by atoms with E-state index in [1.165, 1.54) is 16.3 Å². The normalized spacial score (nSPS) is 19.5. The zero-order chi connectivity index (χ0) is 20.1. The molecule has 1 fully saturated rings. The standard InChI is InChI=1S/C24H29N5.HI/c1-18-14-21(17-29(18)16-19-8-4-3-5-9-19)28-24(25-2)27-15-23-22-11-7-6-10-20(22)12-13-26-23;/h3-13,18,21H,14-17H2,1-2H3,(H2,25,27,28);1H. The molecule has 2 aromatic carbocycles. The Balaban J connectivity index is 0.00000256. The Labute approximate surface area is 196 Å². The zero-order valence-electron chi connectivity index (χ0n) is 17.6. The smallest absolute Gasteiger partial charge is 0.191 e. The van der Waals surface area contributed by atoms with Crippen molar-refractivity contribution in [2.75, 3.05) is 13.6 Å². The van der Waals surface area contributed by atoms with Gasteiger partial charge < -0.3 is 10.6 Å². The number of rotatable bonds is 5. The summed E-state index contributed by atoms with van der Waals surface area (Å²) >= 11 is 0. The molecule has 4 rings (SSSR count). The van der Waals surface area contributed by atoms with E-state index < -0.39 is 0 Å². The highest BCUT2D eigenvalue weighted by Gasteiger charge is 2.29. The van der Waals surface area contributed by atoms with Crippen LogP contribution in [0.4, 0.5) is 0 Å². The van der Waals surface area contributed by atoms with Gasteiger partial charge in [0.05, 0.1) is 12.2 Å². The molecule has 1 saturated heterocycles. The summed E-state index contributed by atoms with van der Waals surface area (Å²) in [6, 6.07) is 22.0. The van der Waals surface area contributed by atoms with E-state index in [-0.39, 0.29) is 24.0 Å². The SMILES string of the molecule is CN=C(NCc1nccc2ccccc12)NC1CC(C)N(Cc2ccccc2)C1.I. The molecule has 3 aromatic rings. The maximum absolute atomic E-state index is 4.56. The molecule has 0 radical (unpaired) electrons. The van der Waals surface area contributed by atoms with Crippen LogP contribution in [-0.4, -0.2) is 41.5 Å². The Kier molecular flexibility index (Phi) is 8.04. The van der Waals surface area contributed by atoms with Gasteiger partial charge in [-0.15, -0.1) is 24.0 Å². The van der Waals surface area contributed by atoms with Crippen molar-refractivity contribution < 1.29 is 0 Å². The molecule has 30 heavy (non-hydrogen) atoms. The number of aliphatic imine (C=N–C) groups is 1. The van der Waals surface area contributed by atoms with Crippen LogP contribution in [0, 0.1) is 0 Å². The Hall–Kier alpha value is -2.19. The van der Waals surface area contributed by atoms with Crippen molar-refractivity contribution >= 4 is 40.7 Å². The molecule has 1 aliphatic rings. The first kappa shape index (κ1) is 22.5. The molecule has 2 heterocycles. The number of nitrogens with one attached hydrogen (secondary N) is 2. The number of benzene rings is 2. The van der Waals surface area contributed by atoms with Gasteiger partial charge in [-0.2, -0.15) is 0 Å². The van der Waals surface area contributed by atoms with Crippen molar-refractivity contribution in [1.29, 1.82) is 0 Å². The number of halogens is 1. The van der Waals surface area contributed by atoms with Crippen LogP contribution in [-0.2, 0) is 13.1 Å². The maximum Gasteiger partial charge on any atom is 0.191 e. The second-order valence-electron chi connectivity index (χ2n) is 7.75. The molecule has 2 unspecified atom stereocenters. The lowest BCUT2D eigenvalue weighted by molar-refractivity contribution is 0.258. The summed E-state index contributed by atoms with van der Waals surface area (Å²) < 4.78 is 0. The minimum absolute atomic E-state index is 0. The number of nitrogens with zero attached hydrogens (tertiary/aromatic N) is 3. The van der Waals surface area contributed by atoms with Crippen molar-refractivity contribution in [3.05, 3.63) is 78.1 Å². The number of pyridine rings is 1. The van der Waals surface area contributed by atoms with Gasteiger partial charge in [0.25, 0.3) is 0 Å². The molecular weight excluding hydrogens is 485 g/mol. The quantitative estimate of drug-likeness (QED) is 0.304. The molecule has 1 aromatic heterocycles. The monoisotopic (exact) mass is 515 g/mol. The fraction of sp³-hybridized carbons (Fsp3) is 0.333. The van der Waals surface area contributed by atoms with Gasteiger partial charge in [0.1, 0.15) is 0 Å². The molecular formula is C24H30IN5. The Morgan fingerprint density at radius 3 is 2.67 bits per heavy atom. The molecule has 158 valence electrons. The average Bonchev–Trinajstić information content (AvgIpc) is 3.10. The Morgan fingerprint density at radius 1 is 1.10 bits per heavy atom. The number of hydrogen-bond acceptors (Lipinski definition) is 3. The van der Waals surface area contributed by atoms with Crippen LogP contribution in [0.3, 0.4) is 0 Å². The van der Waals surface area contributed by atoms with Gasteiger partial charge in [0.2, 0.25) is 0 Å². The predicted octanol–water partition coefficient (Wildman–Crippen LogP) is 4.18. The summed E-state index contributed by atoms with van der Waals surface area (Å²) in [5.41, 5.74) is 2.40. The zero-order valence-corrected chi connectivity index (χ0v) is 19.9. The molecule has 0 amide bonds. The molecule has 0 saturated carbocycles. The lowest BCUT2D eigenvalue weighted by atomic mass is 10.1. The minimum atomic E-state index is 0. The van der Waals surface area contributed by atoms with Gasteiger partial charge in [0.15, 0.2) is 5.96 Å². The van der Waals surface area contributed by atoms with Crippen LogP contribution in [0.5, 0.6) is 0 Å². The van der Waals surface area contributed by atoms with E-state index in [1.807, 2.05) is 19.3 Å². The summed E-state index contributed by atoms with van der Waals surface area (Å²) in [6.45, 7) is 4.97. The first-order chi connectivity index (χ1) is 14.2. The molecule has 0 bridgehead atoms. The first-order valence-electron chi connectivity index (χ1n) is 10.3. The summed E-state index contributed by atoms with van der Waals surface area (Å²) in [7, 11) is 1.83. The number of fused-ring (bicyclic) bond motifs is 1. The minimum Gasteiger partial charge on any atom is -0.352 e. The molecule has 0 aliphatic carbocycles. The lowest BCUT2D eigenvalue weighted by Gasteiger charge is -2.21. The molecule has 6 heteroatoms. The first-order valence-corrected chi connectivity index (χ1v) is 10.3. The third kappa shape index (κ3) is 5.49. The highest BCUT2D eigenvalue weighted by molar-refractivity contribution is 14.0. The Bertz CT molecular complexity index is 970. The molecule has 2 atom stereocenters. The van der Waals surface area contributed by atoms with Crippen molar-refractivity contribution in [3.8, 4) is 0 Å². The predicted molar refractivity (Wildman–Crippen MR) is 135 cm³/mol. The van der Waals surface area contributed by atoms with Crippen molar-refractivity contribution in [2.24, 2.45) is 4.99 Å². The number of hydrogen-bond donors (Lipinski definition) is 2. The number of likely N-dealkylation sites (tertiary alicyclic amines) is 1. The highest BCUT2D eigenvalue weighted by atomic mass is 127. The van der Waals surface area contributed by atoms with Crippen LogP contribution < -0.4 is 10.6 Å². The van der Waals surface area contributed by atoms with Gasteiger partial charge >= 0.3 is 0 Å². The van der Waals surface area contributed by atoms with Crippen LogP contribution >= 0.6 is 24.0 Å². The highest BCUT2D eigenvalue weighted by Crippen LogP contribution is 2.20. The number of aromatic nitrogens is 1. The largest absolute Gasteiger partial charge is 0.352 e. The third-order valence-corrected chi connectivity index (χ3v) is 5.68. The molecule has 1 aliphatic heterocycles. The van der Waals surface area contributed by atoms with E-state index in [4.69, 9.17) is 0 Å². The fourth-order valence-electron chi connectivity index (χ4n) is 4.12. The Morgan fingerprint density at radius 2 is 1.87 bits per heavy atom. The van der Waals surface area contributed by atoms with E-state index in [2.05, 4.69) is 87.0 Å². The van der Waals surface area contributed by atoms with Gasteiger partial charge in [-0.05, 0) is 30.4 Å². The van der Waals surface area contributed by atoms with Crippen LogP contribution in [0.25, 0.3) is 10.8 Å². The van der Waals surface area contributed by atoms with Crippen LogP contribution in [0.2, 0.25) is 0 Å². The van der Waals surface area contributed by atoms with Gasteiger partial charge in [-0.25, -0.2) is 0 Å². The van der Waals surface area contributed by atoms with Crippen molar-refractivity contribution in [2.45, 2.75) is 38.5 Å². The third-order valence-electron chi connectivity index (χ3n) is 5.68. The molecule has 5 nitrogen and oxygen atoms in total. The molecule has 2 N–H and O–H groups in total. The van der Waals surface area contributed by atoms with Gasteiger partial charge in [-0.3, -0.25) is 14.9 Å². The maximum atomic E-state index is 4.56. The average molecular weight is 515 g/mol. The number of guanidine groups is 1. The molecule has 0 spiro atoms. The summed E-state index contributed by atoms with van der Waals surface area (Å²) in [6.07, 6.45) is 2.98. The summed E-state index contributed by atoms with van der Waals surface area (Å²) in [5, 5.41) is 9.43. The summed E-state index contributed by atoms with van der Waals surface area (Å²) in [4.78, 5) is 11.5. The fourth-order valence-corrected chi connectivity index (χ4v) is 4.12. The summed E-state index contributed by atoms with van der Waals surface area (Å²) in [5.74, 6) is 0.832. The lowest BCUT2D eigenvalue weighted by Crippen LogP contribution is -2.44. The van der Waals surface area contributed by atoms with Gasteiger partial charge in [0, 0.05) is 43.8 Å².